The molecular formula is C17H21N3O3. The van der Waals surface area contributed by atoms with Gasteiger partial charge in [-0.3, -0.25) is 9.59 Å². The molecule has 0 radical (unpaired) electrons. The second-order valence-corrected chi connectivity index (χ2v) is 5.53. The molecule has 23 heavy (non-hydrogen) atoms. The number of carbonyl (C=O) groups excluding carboxylic acids is 1. The predicted octanol–water partition coefficient (Wildman–Crippen LogP) is 0.649. The third-order valence-electron chi connectivity index (χ3n) is 3.59. The first-order valence-electron chi connectivity index (χ1n) is 7.50. The molecule has 1 unspecified atom stereocenters. The van der Waals surface area contributed by atoms with Crippen molar-refractivity contribution in [3.8, 4) is 0 Å². The van der Waals surface area contributed by atoms with Crippen LogP contribution in [0.3, 0.4) is 0 Å². The third kappa shape index (κ3) is 4.75. The Bertz CT molecular complexity index is 726. The molecule has 1 amide bonds. The van der Waals surface area contributed by atoms with E-state index in [4.69, 9.17) is 0 Å². The molecule has 1 aromatic heterocycles. The summed E-state index contributed by atoms with van der Waals surface area (Å²) in [5.41, 5.74) is 1.63. The number of aryl methyl sites for hydroxylation is 2. The number of aromatic nitrogens is 2. The zero-order valence-electron chi connectivity index (χ0n) is 13.3. The fourth-order valence-electron chi connectivity index (χ4n) is 2.46. The van der Waals surface area contributed by atoms with Crippen molar-refractivity contribution in [2.45, 2.75) is 32.7 Å². The molecule has 0 bridgehead atoms. The van der Waals surface area contributed by atoms with Crippen LogP contribution in [0.1, 0.15) is 22.6 Å². The van der Waals surface area contributed by atoms with Gasteiger partial charge >= 0.3 is 0 Å². The molecule has 0 fully saturated rings. The number of benzene rings is 1. The normalized spacial score (nSPS) is 12.0. The van der Waals surface area contributed by atoms with E-state index >= 15 is 0 Å². The number of carbonyl (C=O) groups is 1. The smallest absolute Gasteiger partial charge is 0.254 e. The van der Waals surface area contributed by atoms with E-state index < -0.39 is 0 Å². The lowest BCUT2D eigenvalue weighted by Gasteiger charge is -2.16. The van der Waals surface area contributed by atoms with Crippen molar-refractivity contribution in [3.63, 3.8) is 0 Å². The first-order valence-corrected chi connectivity index (χ1v) is 7.50. The number of hydrogen-bond acceptors (Lipinski definition) is 4. The van der Waals surface area contributed by atoms with Crippen molar-refractivity contribution in [1.82, 2.24) is 15.3 Å². The molecule has 0 aliphatic carbocycles. The molecule has 2 rings (SSSR count). The Hall–Kier alpha value is -2.47. The van der Waals surface area contributed by atoms with E-state index in [2.05, 4.69) is 15.3 Å². The third-order valence-corrected chi connectivity index (χ3v) is 3.59. The van der Waals surface area contributed by atoms with Gasteiger partial charge in [-0.05, 0) is 25.8 Å². The highest BCUT2D eigenvalue weighted by Crippen LogP contribution is 2.04. The summed E-state index contributed by atoms with van der Waals surface area (Å²) >= 11 is 0. The average Bonchev–Trinajstić information content (AvgIpc) is 2.51. The first-order chi connectivity index (χ1) is 11.0. The second-order valence-electron chi connectivity index (χ2n) is 5.53. The van der Waals surface area contributed by atoms with Crippen molar-refractivity contribution < 1.29 is 9.90 Å². The van der Waals surface area contributed by atoms with E-state index in [9.17, 15) is 14.7 Å². The van der Waals surface area contributed by atoms with E-state index in [1.807, 2.05) is 30.3 Å². The number of rotatable bonds is 6. The molecule has 0 spiro atoms. The standard InChI is InChI=1S/C17H21N3O3/c1-11-15(17(23)19-12(2)18-11)9-16(22)20-14(10-21)8-13-6-4-3-5-7-13/h3-7,14,21H,8-10H2,1-2H3,(H,20,22)(H,18,19,23). The first kappa shape index (κ1) is 16.9. The number of amides is 1. The largest absolute Gasteiger partial charge is 0.394 e. The summed E-state index contributed by atoms with van der Waals surface area (Å²) in [7, 11) is 0. The summed E-state index contributed by atoms with van der Waals surface area (Å²) in [6.07, 6.45) is 0.476. The zero-order valence-corrected chi connectivity index (χ0v) is 13.3. The Morgan fingerprint density at radius 2 is 2.00 bits per heavy atom. The maximum Gasteiger partial charge on any atom is 0.254 e. The van der Waals surface area contributed by atoms with Gasteiger partial charge in [0.25, 0.3) is 5.56 Å². The van der Waals surface area contributed by atoms with Crippen LogP contribution in [0.15, 0.2) is 35.1 Å². The minimum absolute atomic E-state index is 0.0558. The van der Waals surface area contributed by atoms with Crippen LogP contribution in [0.5, 0.6) is 0 Å². The molecule has 0 saturated heterocycles. The summed E-state index contributed by atoms with van der Waals surface area (Å²) in [5, 5.41) is 12.2. The molecule has 1 heterocycles. The van der Waals surface area contributed by atoms with Crippen molar-refractivity contribution in [2.75, 3.05) is 6.61 Å². The van der Waals surface area contributed by atoms with Gasteiger partial charge < -0.3 is 15.4 Å². The van der Waals surface area contributed by atoms with Gasteiger partial charge in [0.15, 0.2) is 0 Å². The number of hydrogen-bond donors (Lipinski definition) is 3. The lowest BCUT2D eigenvalue weighted by molar-refractivity contribution is -0.121. The number of aliphatic hydroxyl groups is 1. The zero-order chi connectivity index (χ0) is 16.8. The van der Waals surface area contributed by atoms with E-state index in [0.29, 0.717) is 23.5 Å². The van der Waals surface area contributed by atoms with Gasteiger partial charge in [0.2, 0.25) is 5.91 Å². The highest BCUT2D eigenvalue weighted by atomic mass is 16.3. The van der Waals surface area contributed by atoms with Crippen LogP contribution in [0.2, 0.25) is 0 Å². The van der Waals surface area contributed by atoms with Crippen molar-refractivity contribution >= 4 is 5.91 Å². The van der Waals surface area contributed by atoms with Gasteiger partial charge in [-0.15, -0.1) is 0 Å². The summed E-state index contributed by atoms with van der Waals surface area (Å²) in [5.74, 6) is 0.216. The molecule has 0 aliphatic rings. The van der Waals surface area contributed by atoms with E-state index in [1.54, 1.807) is 13.8 Å². The van der Waals surface area contributed by atoms with E-state index in [1.165, 1.54) is 0 Å². The number of H-pyrrole nitrogens is 1. The molecule has 1 atom stereocenters. The number of aromatic amines is 1. The molecule has 6 heteroatoms. The van der Waals surface area contributed by atoms with Gasteiger partial charge in [0.1, 0.15) is 5.82 Å². The number of nitrogens with zero attached hydrogens (tertiary/aromatic N) is 1. The van der Waals surface area contributed by atoms with Gasteiger partial charge in [0, 0.05) is 11.3 Å². The SMILES string of the molecule is Cc1nc(C)c(CC(=O)NC(CO)Cc2ccccc2)c(=O)[nH]1. The van der Waals surface area contributed by atoms with Gasteiger partial charge in [-0.2, -0.15) is 0 Å². The summed E-state index contributed by atoms with van der Waals surface area (Å²) in [6.45, 7) is 3.24. The Labute approximate surface area is 134 Å². The monoisotopic (exact) mass is 315 g/mol. The summed E-state index contributed by atoms with van der Waals surface area (Å²) in [4.78, 5) is 30.8. The van der Waals surface area contributed by atoms with E-state index in [-0.39, 0.29) is 30.5 Å². The Kier molecular flexibility index (Phi) is 5.65. The quantitative estimate of drug-likeness (QED) is 0.729. The Morgan fingerprint density at radius 3 is 2.61 bits per heavy atom. The van der Waals surface area contributed by atoms with Crippen LogP contribution in [-0.4, -0.2) is 33.6 Å². The molecule has 2 aromatic rings. The highest BCUT2D eigenvalue weighted by molar-refractivity contribution is 5.79. The summed E-state index contributed by atoms with van der Waals surface area (Å²) < 4.78 is 0. The van der Waals surface area contributed by atoms with Crippen LogP contribution < -0.4 is 10.9 Å². The summed E-state index contributed by atoms with van der Waals surface area (Å²) in [6, 6.07) is 9.22. The maximum absolute atomic E-state index is 12.2. The van der Waals surface area contributed by atoms with Crippen LogP contribution in [0, 0.1) is 13.8 Å². The van der Waals surface area contributed by atoms with Crippen molar-refractivity contribution in [3.05, 3.63) is 63.3 Å². The molecule has 122 valence electrons. The van der Waals surface area contributed by atoms with Gasteiger partial charge in [0.05, 0.1) is 19.1 Å². The second kappa shape index (κ2) is 7.69. The molecule has 3 N–H and O–H groups in total. The lowest BCUT2D eigenvalue weighted by Crippen LogP contribution is -2.40. The molecular weight excluding hydrogens is 294 g/mol. The van der Waals surface area contributed by atoms with Crippen molar-refractivity contribution in [2.24, 2.45) is 0 Å². The van der Waals surface area contributed by atoms with Crippen LogP contribution >= 0.6 is 0 Å². The van der Waals surface area contributed by atoms with Crippen LogP contribution in [0.4, 0.5) is 0 Å². The molecule has 1 aromatic carbocycles. The minimum Gasteiger partial charge on any atom is -0.394 e. The molecule has 6 nitrogen and oxygen atoms in total. The molecule has 0 saturated carbocycles. The number of nitrogens with one attached hydrogen (secondary N) is 2. The van der Waals surface area contributed by atoms with E-state index in [0.717, 1.165) is 5.56 Å². The van der Waals surface area contributed by atoms with Crippen LogP contribution in [-0.2, 0) is 17.6 Å². The maximum atomic E-state index is 12.2. The fraction of sp³-hybridized carbons (Fsp3) is 0.353. The predicted molar refractivity (Wildman–Crippen MR) is 87.2 cm³/mol. The fourth-order valence-corrected chi connectivity index (χ4v) is 2.46. The van der Waals surface area contributed by atoms with Crippen LogP contribution in [0.25, 0.3) is 0 Å². The number of aliphatic hydroxyl groups excluding tert-OH is 1. The minimum atomic E-state index is -0.386. The Morgan fingerprint density at radius 1 is 1.30 bits per heavy atom. The topological polar surface area (TPSA) is 95.1 Å². The lowest BCUT2D eigenvalue weighted by atomic mass is 10.1. The average molecular weight is 315 g/mol. The van der Waals surface area contributed by atoms with Crippen molar-refractivity contribution in [1.29, 1.82) is 0 Å². The van der Waals surface area contributed by atoms with Gasteiger partial charge in [-0.1, -0.05) is 30.3 Å². The Balaban J connectivity index is 2.02. The van der Waals surface area contributed by atoms with Gasteiger partial charge in [-0.25, -0.2) is 4.98 Å². The molecule has 0 aliphatic heterocycles. The highest BCUT2D eigenvalue weighted by Gasteiger charge is 2.16.